The highest BCUT2D eigenvalue weighted by atomic mass is 35.5. The van der Waals surface area contributed by atoms with Gasteiger partial charge in [0.1, 0.15) is 17.3 Å². The van der Waals surface area contributed by atoms with Crippen molar-refractivity contribution in [3.05, 3.63) is 58.2 Å². The number of halogens is 2. The molecule has 0 aliphatic carbocycles. The van der Waals surface area contributed by atoms with Crippen LogP contribution in [0.1, 0.15) is 9.67 Å². The third kappa shape index (κ3) is 3.10. The van der Waals surface area contributed by atoms with Gasteiger partial charge in [-0.3, -0.25) is 4.79 Å². The molecular weight excluding hydrogens is 377 g/mol. The minimum absolute atomic E-state index is 0.223. The molecule has 0 fully saturated rings. The Morgan fingerprint density at radius 3 is 2.88 bits per heavy atom. The lowest BCUT2D eigenvalue weighted by Crippen LogP contribution is -2.41. The average molecular weight is 392 g/mol. The molecule has 4 nitrogen and oxygen atoms in total. The standard InChI is InChI=1S/C19H15ClFNO3S/c1-22(9-12-10-24-14-4-2-3-5-15(14)25-12)19(23)18-17(20)13-7-6-11(21)8-16(13)26-18/h2-8,12H,9-10H2,1H3. The van der Waals surface area contributed by atoms with Crippen LogP contribution in [0.15, 0.2) is 42.5 Å². The number of thiophene rings is 1. The molecule has 134 valence electrons. The highest BCUT2D eigenvalue weighted by Gasteiger charge is 2.26. The maximum atomic E-state index is 13.4. The van der Waals surface area contributed by atoms with Gasteiger partial charge in [-0.1, -0.05) is 23.7 Å². The van der Waals surface area contributed by atoms with E-state index in [1.807, 2.05) is 24.3 Å². The molecule has 0 radical (unpaired) electrons. The minimum Gasteiger partial charge on any atom is -0.486 e. The van der Waals surface area contributed by atoms with Gasteiger partial charge in [0, 0.05) is 17.1 Å². The van der Waals surface area contributed by atoms with E-state index >= 15 is 0 Å². The number of carbonyl (C=O) groups is 1. The van der Waals surface area contributed by atoms with Gasteiger partial charge in [-0.2, -0.15) is 0 Å². The van der Waals surface area contributed by atoms with Crippen molar-refractivity contribution >= 4 is 38.9 Å². The van der Waals surface area contributed by atoms with Crippen molar-refractivity contribution in [2.45, 2.75) is 6.10 Å². The van der Waals surface area contributed by atoms with Gasteiger partial charge in [0.15, 0.2) is 17.6 Å². The van der Waals surface area contributed by atoms with Crippen molar-refractivity contribution in [2.75, 3.05) is 20.2 Å². The Bertz CT molecular complexity index is 990. The van der Waals surface area contributed by atoms with Crippen LogP contribution in [-0.4, -0.2) is 37.1 Å². The lowest BCUT2D eigenvalue weighted by molar-refractivity contribution is 0.0524. The zero-order valence-corrected chi connectivity index (χ0v) is 15.4. The van der Waals surface area contributed by atoms with E-state index in [2.05, 4.69) is 0 Å². The van der Waals surface area contributed by atoms with Crippen LogP contribution in [0.25, 0.3) is 10.1 Å². The Kier molecular flexibility index (Phi) is 4.46. The summed E-state index contributed by atoms with van der Waals surface area (Å²) in [6.07, 6.45) is -0.274. The van der Waals surface area contributed by atoms with E-state index < -0.39 is 0 Å². The number of amides is 1. The number of ether oxygens (including phenoxy) is 2. The van der Waals surface area contributed by atoms with E-state index in [-0.39, 0.29) is 17.8 Å². The quantitative estimate of drug-likeness (QED) is 0.654. The number of hydrogen-bond acceptors (Lipinski definition) is 4. The first-order chi connectivity index (χ1) is 12.5. The first-order valence-corrected chi connectivity index (χ1v) is 9.24. The van der Waals surface area contributed by atoms with Crippen molar-refractivity contribution in [1.29, 1.82) is 0 Å². The van der Waals surface area contributed by atoms with Crippen LogP contribution in [0.4, 0.5) is 4.39 Å². The Hall–Kier alpha value is -2.31. The molecule has 1 amide bonds. The molecule has 1 atom stereocenters. The van der Waals surface area contributed by atoms with Crippen LogP contribution in [0.3, 0.4) is 0 Å². The molecule has 4 rings (SSSR count). The smallest absolute Gasteiger partial charge is 0.265 e. The van der Waals surface area contributed by atoms with E-state index in [1.165, 1.54) is 23.5 Å². The summed E-state index contributed by atoms with van der Waals surface area (Å²) in [4.78, 5) is 14.7. The maximum Gasteiger partial charge on any atom is 0.265 e. The molecule has 0 saturated carbocycles. The Balaban J connectivity index is 1.51. The summed E-state index contributed by atoms with van der Waals surface area (Å²) in [6, 6.07) is 11.7. The molecule has 2 heterocycles. The van der Waals surface area contributed by atoms with E-state index in [1.54, 1.807) is 18.0 Å². The summed E-state index contributed by atoms with van der Waals surface area (Å²) < 4.78 is 25.6. The fraction of sp³-hybridized carbons (Fsp3) is 0.211. The highest BCUT2D eigenvalue weighted by Crippen LogP contribution is 2.36. The molecule has 0 N–H and O–H groups in total. The number of benzene rings is 2. The SMILES string of the molecule is CN(CC1COc2ccccc2O1)C(=O)c1sc2cc(F)ccc2c1Cl. The number of carbonyl (C=O) groups excluding carboxylic acids is 1. The Morgan fingerprint density at radius 1 is 1.31 bits per heavy atom. The van der Waals surface area contributed by atoms with Crippen LogP contribution in [0.2, 0.25) is 5.02 Å². The molecule has 0 spiro atoms. The molecule has 0 bridgehead atoms. The topological polar surface area (TPSA) is 38.8 Å². The van der Waals surface area contributed by atoms with Crippen LogP contribution < -0.4 is 9.47 Å². The van der Waals surface area contributed by atoms with Crippen LogP contribution in [0.5, 0.6) is 11.5 Å². The van der Waals surface area contributed by atoms with Gasteiger partial charge in [0.05, 0.1) is 11.6 Å². The largest absolute Gasteiger partial charge is 0.486 e. The molecule has 0 saturated heterocycles. The lowest BCUT2D eigenvalue weighted by Gasteiger charge is -2.29. The number of rotatable bonds is 3. The molecule has 26 heavy (non-hydrogen) atoms. The minimum atomic E-state index is -0.353. The molecule has 1 unspecified atom stereocenters. The Labute approximate surface area is 158 Å². The number of nitrogens with zero attached hydrogens (tertiary/aromatic N) is 1. The van der Waals surface area contributed by atoms with Crippen molar-refractivity contribution in [2.24, 2.45) is 0 Å². The van der Waals surface area contributed by atoms with Gasteiger partial charge in [-0.05, 0) is 30.3 Å². The number of fused-ring (bicyclic) bond motifs is 2. The number of likely N-dealkylation sites (N-methyl/N-ethyl adjacent to an activating group) is 1. The van der Waals surface area contributed by atoms with Gasteiger partial charge in [-0.15, -0.1) is 11.3 Å². The summed E-state index contributed by atoms with van der Waals surface area (Å²) in [5.74, 6) is 0.792. The Morgan fingerprint density at radius 2 is 2.08 bits per heavy atom. The monoisotopic (exact) mass is 391 g/mol. The number of hydrogen-bond donors (Lipinski definition) is 0. The van der Waals surface area contributed by atoms with Gasteiger partial charge in [0.25, 0.3) is 5.91 Å². The van der Waals surface area contributed by atoms with Crippen LogP contribution in [0, 0.1) is 5.82 Å². The first-order valence-electron chi connectivity index (χ1n) is 8.04. The normalized spacial score (nSPS) is 15.9. The van der Waals surface area contributed by atoms with Gasteiger partial charge in [0.2, 0.25) is 0 Å². The zero-order chi connectivity index (χ0) is 18.3. The predicted octanol–water partition coefficient (Wildman–Crippen LogP) is 4.61. The van der Waals surface area contributed by atoms with Crippen molar-refractivity contribution < 1.29 is 18.7 Å². The third-order valence-electron chi connectivity index (χ3n) is 4.18. The zero-order valence-electron chi connectivity index (χ0n) is 13.9. The lowest BCUT2D eigenvalue weighted by atomic mass is 10.2. The fourth-order valence-corrected chi connectivity index (χ4v) is 4.42. The van der Waals surface area contributed by atoms with Crippen LogP contribution in [-0.2, 0) is 0 Å². The van der Waals surface area contributed by atoms with Crippen molar-refractivity contribution in [3.8, 4) is 11.5 Å². The summed E-state index contributed by atoms with van der Waals surface area (Å²) in [5, 5.41) is 1.04. The first kappa shape index (κ1) is 17.1. The second kappa shape index (κ2) is 6.78. The van der Waals surface area contributed by atoms with E-state index in [0.717, 1.165) is 0 Å². The summed E-state index contributed by atoms with van der Waals surface area (Å²) >= 11 is 7.53. The molecule has 2 aromatic carbocycles. The van der Waals surface area contributed by atoms with Crippen molar-refractivity contribution in [1.82, 2.24) is 4.90 Å². The van der Waals surface area contributed by atoms with Gasteiger partial charge >= 0.3 is 0 Å². The second-order valence-corrected chi connectivity index (χ2v) is 7.50. The van der Waals surface area contributed by atoms with E-state index in [0.29, 0.717) is 44.6 Å². The maximum absolute atomic E-state index is 13.4. The van der Waals surface area contributed by atoms with Gasteiger partial charge in [-0.25, -0.2) is 4.39 Å². The summed E-state index contributed by atoms with van der Waals surface area (Å²) in [6.45, 7) is 0.714. The average Bonchev–Trinajstić information content (AvgIpc) is 2.96. The van der Waals surface area contributed by atoms with Crippen LogP contribution >= 0.6 is 22.9 Å². The fourth-order valence-electron chi connectivity index (χ4n) is 2.89. The molecular formula is C19H15ClFNO3S. The highest BCUT2D eigenvalue weighted by molar-refractivity contribution is 7.21. The van der Waals surface area contributed by atoms with E-state index in [9.17, 15) is 9.18 Å². The van der Waals surface area contributed by atoms with Gasteiger partial charge < -0.3 is 14.4 Å². The third-order valence-corrected chi connectivity index (χ3v) is 5.82. The molecule has 7 heteroatoms. The second-order valence-electron chi connectivity index (χ2n) is 6.07. The molecule has 3 aromatic rings. The summed E-state index contributed by atoms with van der Waals surface area (Å²) in [7, 11) is 1.69. The predicted molar refractivity (Wildman–Crippen MR) is 100 cm³/mol. The van der Waals surface area contributed by atoms with Crippen molar-refractivity contribution in [3.63, 3.8) is 0 Å². The molecule has 1 aliphatic rings. The van der Waals surface area contributed by atoms with E-state index in [4.69, 9.17) is 21.1 Å². The summed E-state index contributed by atoms with van der Waals surface area (Å²) in [5.41, 5.74) is 0. The molecule has 1 aliphatic heterocycles. The number of para-hydroxylation sites is 2. The molecule has 1 aromatic heterocycles.